The van der Waals surface area contributed by atoms with Crippen LogP contribution >= 0.6 is 11.3 Å². The van der Waals surface area contributed by atoms with E-state index in [1.165, 1.54) is 15.6 Å². The normalized spacial score (nSPS) is 17.4. The third-order valence-electron chi connectivity index (χ3n) is 6.37. The van der Waals surface area contributed by atoms with E-state index in [0.717, 1.165) is 41.7 Å². The highest BCUT2D eigenvalue weighted by atomic mass is 32.2. The largest absolute Gasteiger partial charge is 0.462 e. The second-order valence-corrected chi connectivity index (χ2v) is 11.7. The predicted molar refractivity (Wildman–Crippen MR) is 128 cm³/mol. The molecule has 2 aliphatic rings. The van der Waals surface area contributed by atoms with Crippen LogP contribution in [0.2, 0.25) is 0 Å². The van der Waals surface area contributed by atoms with Crippen LogP contribution in [0.25, 0.3) is 0 Å². The Morgan fingerprint density at radius 3 is 2.45 bits per heavy atom. The average Bonchev–Trinajstić information content (AvgIpc) is 3.17. The first-order valence-corrected chi connectivity index (χ1v) is 13.8. The minimum atomic E-state index is -3.57. The van der Waals surface area contributed by atoms with Gasteiger partial charge in [-0.25, -0.2) is 13.2 Å². The Balaban J connectivity index is 1.44. The molecule has 2 aromatic rings. The van der Waals surface area contributed by atoms with Crippen LogP contribution in [0.1, 0.15) is 59.0 Å². The van der Waals surface area contributed by atoms with Crippen LogP contribution in [-0.4, -0.2) is 44.3 Å². The first-order chi connectivity index (χ1) is 15.8. The Morgan fingerprint density at radius 2 is 1.79 bits per heavy atom. The molecule has 1 saturated heterocycles. The van der Waals surface area contributed by atoms with Crippen molar-refractivity contribution in [1.82, 2.24) is 4.31 Å². The molecule has 9 heteroatoms. The number of amides is 1. The van der Waals surface area contributed by atoms with Crippen molar-refractivity contribution < 1.29 is 22.7 Å². The average molecular weight is 491 g/mol. The summed E-state index contributed by atoms with van der Waals surface area (Å²) in [6, 6.07) is 6.82. The summed E-state index contributed by atoms with van der Waals surface area (Å²) in [5.41, 5.74) is 2.52. The maximum absolute atomic E-state index is 13.1. The number of benzene rings is 1. The second kappa shape index (κ2) is 9.95. The number of hydrogen-bond donors (Lipinski definition) is 1. The Hall–Kier alpha value is -2.23. The van der Waals surface area contributed by atoms with Crippen molar-refractivity contribution in [3.05, 3.63) is 45.8 Å². The Kier molecular flexibility index (Phi) is 7.21. The van der Waals surface area contributed by atoms with E-state index < -0.39 is 10.0 Å². The fourth-order valence-corrected chi connectivity index (χ4v) is 7.25. The van der Waals surface area contributed by atoms with E-state index >= 15 is 0 Å². The van der Waals surface area contributed by atoms with E-state index in [1.54, 1.807) is 31.2 Å². The highest BCUT2D eigenvalue weighted by Crippen LogP contribution is 2.39. The molecule has 1 amide bonds. The fourth-order valence-electron chi connectivity index (χ4n) is 4.50. The molecule has 1 N–H and O–H groups in total. The van der Waals surface area contributed by atoms with Crippen LogP contribution in [0.4, 0.5) is 5.00 Å². The van der Waals surface area contributed by atoms with Gasteiger partial charge in [0.05, 0.1) is 17.1 Å². The number of carbonyl (C=O) groups excluding carboxylic acids is 2. The van der Waals surface area contributed by atoms with Crippen molar-refractivity contribution in [2.45, 2.75) is 57.3 Å². The molecule has 0 atom stereocenters. The van der Waals surface area contributed by atoms with Crippen LogP contribution in [0, 0.1) is 12.8 Å². The summed E-state index contributed by atoms with van der Waals surface area (Å²) in [4.78, 5) is 27.1. The number of rotatable bonds is 6. The topological polar surface area (TPSA) is 92.8 Å². The van der Waals surface area contributed by atoms with Gasteiger partial charge in [-0.3, -0.25) is 4.79 Å². The van der Waals surface area contributed by atoms with Gasteiger partial charge in [0.1, 0.15) is 5.00 Å². The quantitative estimate of drug-likeness (QED) is 0.614. The number of aryl methyl sites for hydroxylation is 2. The lowest BCUT2D eigenvalue weighted by Gasteiger charge is -2.30. The van der Waals surface area contributed by atoms with Gasteiger partial charge in [-0.1, -0.05) is 17.7 Å². The van der Waals surface area contributed by atoms with Crippen molar-refractivity contribution in [2.24, 2.45) is 5.92 Å². The zero-order valence-corrected chi connectivity index (χ0v) is 20.7. The van der Waals surface area contributed by atoms with E-state index in [1.807, 2.05) is 6.92 Å². The third kappa shape index (κ3) is 5.00. The number of carbonyl (C=O) groups is 2. The summed E-state index contributed by atoms with van der Waals surface area (Å²) in [6.07, 6.45) is 4.73. The molecular weight excluding hydrogens is 460 g/mol. The van der Waals surface area contributed by atoms with E-state index in [9.17, 15) is 18.0 Å². The van der Waals surface area contributed by atoms with Crippen molar-refractivity contribution in [1.29, 1.82) is 0 Å². The number of nitrogens with zero attached hydrogens (tertiary/aromatic N) is 1. The molecule has 2 heterocycles. The molecule has 178 valence electrons. The molecule has 7 nitrogen and oxygen atoms in total. The van der Waals surface area contributed by atoms with Crippen molar-refractivity contribution in [3.8, 4) is 0 Å². The van der Waals surface area contributed by atoms with Gasteiger partial charge in [0.25, 0.3) is 0 Å². The molecule has 1 aliphatic heterocycles. The van der Waals surface area contributed by atoms with Gasteiger partial charge in [-0.15, -0.1) is 11.3 Å². The number of hydrogen-bond acceptors (Lipinski definition) is 6. The second-order valence-electron chi connectivity index (χ2n) is 8.62. The number of sulfonamides is 1. The molecule has 1 fully saturated rings. The van der Waals surface area contributed by atoms with Gasteiger partial charge in [-0.2, -0.15) is 4.31 Å². The molecule has 33 heavy (non-hydrogen) atoms. The van der Waals surface area contributed by atoms with Crippen molar-refractivity contribution in [3.63, 3.8) is 0 Å². The molecule has 0 saturated carbocycles. The first kappa shape index (κ1) is 23.9. The van der Waals surface area contributed by atoms with E-state index in [4.69, 9.17) is 4.74 Å². The molecule has 0 unspecified atom stereocenters. The number of ether oxygens (including phenoxy) is 1. The summed E-state index contributed by atoms with van der Waals surface area (Å²) in [6.45, 7) is 4.55. The highest BCUT2D eigenvalue weighted by Gasteiger charge is 2.33. The maximum atomic E-state index is 13.1. The Morgan fingerprint density at radius 1 is 1.12 bits per heavy atom. The van der Waals surface area contributed by atoms with Crippen LogP contribution in [-0.2, 0) is 32.4 Å². The number of piperidine rings is 1. The van der Waals surface area contributed by atoms with Gasteiger partial charge in [-0.05, 0) is 70.1 Å². The molecule has 1 aromatic carbocycles. The smallest absolute Gasteiger partial charge is 0.341 e. The standard InChI is InChI=1S/C24H30N2O5S2/c1-3-31-24(28)21-19-6-4-5-7-20(19)32-23(21)25-22(27)17-12-14-26(15-13-17)33(29,30)18-10-8-16(2)9-11-18/h8-11,17H,3-7,12-15H2,1-2H3,(H,25,27). The maximum Gasteiger partial charge on any atom is 0.341 e. The van der Waals surface area contributed by atoms with Crippen LogP contribution in [0.5, 0.6) is 0 Å². The van der Waals surface area contributed by atoms with Crippen LogP contribution < -0.4 is 5.32 Å². The SMILES string of the molecule is CCOC(=O)c1c(NC(=O)C2CCN(S(=O)(=O)c3ccc(C)cc3)CC2)sc2c1CCCC2. The highest BCUT2D eigenvalue weighted by molar-refractivity contribution is 7.89. The lowest BCUT2D eigenvalue weighted by atomic mass is 9.95. The number of anilines is 1. The minimum absolute atomic E-state index is 0.161. The van der Waals surface area contributed by atoms with E-state index in [0.29, 0.717) is 36.5 Å². The molecular formula is C24H30N2O5S2. The fraction of sp³-hybridized carbons (Fsp3) is 0.500. The molecule has 4 rings (SSSR count). The monoisotopic (exact) mass is 490 g/mol. The predicted octanol–water partition coefficient (Wildman–Crippen LogP) is 4.15. The minimum Gasteiger partial charge on any atom is -0.462 e. The molecule has 0 radical (unpaired) electrons. The molecule has 0 spiro atoms. The van der Waals surface area contributed by atoms with Gasteiger partial charge >= 0.3 is 5.97 Å². The van der Waals surface area contributed by atoms with E-state index in [-0.39, 0.29) is 29.3 Å². The zero-order chi connectivity index (χ0) is 23.6. The van der Waals surface area contributed by atoms with E-state index in [2.05, 4.69) is 5.32 Å². The van der Waals surface area contributed by atoms with Crippen LogP contribution in [0.3, 0.4) is 0 Å². The van der Waals surface area contributed by atoms with Gasteiger partial charge in [0.2, 0.25) is 15.9 Å². The summed E-state index contributed by atoms with van der Waals surface area (Å²) in [7, 11) is -3.57. The Bertz CT molecular complexity index is 1130. The van der Waals surface area contributed by atoms with Crippen LogP contribution in [0.15, 0.2) is 29.2 Å². The zero-order valence-electron chi connectivity index (χ0n) is 19.1. The summed E-state index contributed by atoms with van der Waals surface area (Å²) in [5.74, 6) is -0.846. The third-order valence-corrected chi connectivity index (χ3v) is 9.49. The number of esters is 1. The van der Waals surface area contributed by atoms with Crippen molar-refractivity contribution >= 4 is 38.2 Å². The number of nitrogens with one attached hydrogen (secondary N) is 1. The van der Waals surface area contributed by atoms with Gasteiger partial charge < -0.3 is 10.1 Å². The molecule has 1 aromatic heterocycles. The summed E-state index contributed by atoms with van der Waals surface area (Å²) in [5, 5.41) is 3.55. The summed E-state index contributed by atoms with van der Waals surface area (Å²) < 4.78 is 32.6. The molecule has 0 bridgehead atoms. The van der Waals surface area contributed by atoms with Crippen molar-refractivity contribution in [2.75, 3.05) is 25.0 Å². The lowest BCUT2D eigenvalue weighted by molar-refractivity contribution is -0.120. The lowest BCUT2D eigenvalue weighted by Crippen LogP contribution is -2.41. The van der Waals surface area contributed by atoms with Gasteiger partial charge in [0, 0.05) is 23.9 Å². The Labute approximate surface area is 199 Å². The summed E-state index contributed by atoms with van der Waals surface area (Å²) >= 11 is 1.47. The molecule has 1 aliphatic carbocycles. The number of fused-ring (bicyclic) bond motifs is 1. The number of thiophene rings is 1. The van der Waals surface area contributed by atoms with Gasteiger partial charge in [0.15, 0.2) is 0 Å². The first-order valence-electron chi connectivity index (χ1n) is 11.5.